The third-order valence-electron chi connectivity index (χ3n) is 2.61. The van der Waals surface area contributed by atoms with E-state index in [0.717, 1.165) is 16.3 Å². The molecule has 2 aromatic carbocycles. The first-order valence-corrected chi connectivity index (χ1v) is 5.47. The van der Waals surface area contributed by atoms with Crippen molar-refractivity contribution in [3.05, 3.63) is 40.9 Å². The topological polar surface area (TPSA) is 46.2 Å². The number of aromatic hydroxyl groups is 1. The lowest BCUT2D eigenvalue weighted by Crippen LogP contribution is -2.28. The van der Waals surface area contributed by atoms with Crippen LogP contribution in [-0.4, -0.2) is 5.11 Å². The van der Waals surface area contributed by atoms with Crippen LogP contribution < -0.4 is 5.73 Å². The predicted molar refractivity (Wildman–Crippen MR) is 67.8 cm³/mol. The summed E-state index contributed by atoms with van der Waals surface area (Å²) in [5.41, 5.74) is 6.15. The summed E-state index contributed by atoms with van der Waals surface area (Å²) in [7, 11) is 0. The molecule has 0 fully saturated rings. The summed E-state index contributed by atoms with van der Waals surface area (Å²) in [6, 6.07) is 9.15. The zero-order valence-corrected chi connectivity index (χ0v) is 10.0. The number of phenolic OH excluding ortho intramolecular Hbond substituents is 1. The molecule has 0 aliphatic heterocycles. The SMILES string of the molecule is CC(C)(N)c1cc2cc(Cl)ccc2cc1O. The monoisotopic (exact) mass is 235 g/mol. The molecule has 16 heavy (non-hydrogen) atoms. The van der Waals surface area contributed by atoms with E-state index in [1.165, 1.54) is 0 Å². The first-order valence-electron chi connectivity index (χ1n) is 5.09. The summed E-state index contributed by atoms with van der Waals surface area (Å²) in [6.45, 7) is 3.72. The molecule has 0 aliphatic rings. The van der Waals surface area contributed by atoms with Crippen LogP contribution in [0.3, 0.4) is 0 Å². The second-order valence-corrected chi connectivity index (χ2v) is 5.02. The summed E-state index contributed by atoms with van der Waals surface area (Å²) in [4.78, 5) is 0. The maximum atomic E-state index is 9.90. The van der Waals surface area contributed by atoms with Gasteiger partial charge in [-0.3, -0.25) is 0 Å². The Morgan fingerprint density at radius 1 is 1.12 bits per heavy atom. The molecule has 3 heteroatoms. The van der Waals surface area contributed by atoms with Crippen LogP contribution in [0.15, 0.2) is 30.3 Å². The number of halogens is 1. The van der Waals surface area contributed by atoms with Gasteiger partial charge in [0.15, 0.2) is 0 Å². The average molecular weight is 236 g/mol. The Kier molecular flexibility index (Phi) is 2.56. The molecule has 0 amide bonds. The van der Waals surface area contributed by atoms with Crippen molar-refractivity contribution in [3.8, 4) is 5.75 Å². The zero-order valence-electron chi connectivity index (χ0n) is 9.29. The van der Waals surface area contributed by atoms with E-state index in [1.54, 1.807) is 12.1 Å². The fourth-order valence-electron chi connectivity index (χ4n) is 1.77. The van der Waals surface area contributed by atoms with Crippen LogP contribution in [0.2, 0.25) is 5.02 Å². The number of hydrogen-bond donors (Lipinski definition) is 2. The fraction of sp³-hybridized carbons (Fsp3) is 0.231. The minimum atomic E-state index is -0.569. The molecule has 2 rings (SSSR count). The van der Waals surface area contributed by atoms with Gasteiger partial charge in [0, 0.05) is 16.1 Å². The van der Waals surface area contributed by atoms with Crippen molar-refractivity contribution in [1.82, 2.24) is 0 Å². The highest BCUT2D eigenvalue weighted by molar-refractivity contribution is 6.31. The van der Waals surface area contributed by atoms with Gasteiger partial charge in [0.05, 0.1) is 0 Å². The largest absolute Gasteiger partial charge is 0.508 e. The van der Waals surface area contributed by atoms with E-state index in [-0.39, 0.29) is 5.75 Å². The molecule has 2 aromatic rings. The third kappa shape index (κ3) is 1.99. The van der Waals surface area contributed by atoms with E-state index in [2.05, 4.69) is 0 Å². The predicted octanol–water partition coefficient (Wildman–Crippen LogP) is 3.39. The van der Waals surface area contributed by atoms with E-state index in [9.17, 15) is 5.11 Å². The Bertz CT molecular complexity index is 543. The van der Waals surface area contributed by atoms with Crippen LogP contribution in [-0.2, 0) is 5.54 Å². The van der Waals surface area contributed by atoms with E-state index in [0.29, 0.717) is 5.02 Å². The van der Waals surface area contributed by atoms with Crippen molar-refractivity contribution in [3.63, 3.8) is 0 Å². The molecule has 0 saturated carbocycles. The first kappa shape index (κ1) is 11.2. The molecule has 0 aliphatic carbocycles. The minimum absolute atomic E-state index is 0.224. The number of fused-ring (bicyclic) bond motifs is 1. The van der Waals surface area contributed by atoms with Crippen LogP contribution in [0, 0.1) is 0 Å². The van der Waals surface area contributed by atoms with Gasteiger partial charge in [-0.15, -0.1) is 0 Å². The zero-order chi connectivity index (χ0) is 11.9. The molecule has 84 valence electrons. The van der Waals surface area contributed by atoms with Gasteiger partial charge in [0.2, 0.25) is 0 Å². The molecular weight excluding hydrogens is 222 g/mol. The van der Waals surface area contributed by atoms with Gasteiger partial charge in [0.25, 0.3) is 0 Å². The van der Waals surface area contributed by atoms with Gasteiger partial charge >= 0.3 is 0 Å². The van der Waals surface area contributed by atoms with Crippen LogP contribution in [0.1, 0.15) is 19.4 Å². The highest BCUT2D eigenvalue weighted by Crippen LogP contribution is 2.32. The molecule has 0 bridgehead atoms. The van der Waals surface area contributed by atoms with E-state index < -0.39 is 5.54 Å². The number of phenols is 1. The highest BCUT2D eigenvalue weighted by atomic mass is 35.5. The lowest BCUT2D eigenvalue weighted by Gasteiger charge is -2.21. The lowest BCUT2D eigenvalue weighted by atomic mass is 9.92. The van der Waals surface area contributed by atoms with Crippen molar-refractivity contribution in [2.45, 2.75) is 19.4 Å². The van der Waals surface area contributed by atoms with Crippen LogP contribution in [0.5, 0.6) is 5.75 Å². The van der Waals surface area contributed by atoms with Crippen LogP contribution >= 0.6 is 11.6 Å². The van der Waals surface area contributed by atoms with Gasteiger partial charge in [-0.1, -0.05) is 17.7 Å². The molecule has 0 unspecified atom stereocenters. The summed E-state index contributed by atoms with van der Waals surface area (Å²) >= 11 is 5.93. The van der Waals surface area contributed by atoms with Gasteiger partial charge in [-0.2, -0.15) is 0 Å². The maximum absolute atomic E-state index is 9.90. The molecule has 0 aromatic heterocycles. The van der Waals surface area contributed by atoms with Gasteiger partial charge < -0.3 is 10.8 Å². The van der Waals surface area contributed by atoms with Gasteiger partial charge in [-0.05, 0) is 48.9 Å². The smallest absolute Gasteiger partial charge is 0.121 e. The van der Waals surface area contributed by atoms with Crippen molar-refractivity contribution in [2.24, 2.45) is 5.73 Å². The van der Waals surface area contributed by atoms with Crippen molar-refractivity contribution in [2.75, 3.05) is 0 Å². The standard InChI is InChI=1S/C13H14ClNO/c1-13(2,15)11-6-9-5-10(14)4-3-8(9)7-12(11)16/h3-7,16H,15H2,1-2H3. The number of nitrogens with two attached hydrogens (primary N) is 1. The third-order valence-corrected chi connectivity index (χ3v) is 2.85. The minimum Gasteiger partial charge on any atom is -0.508 e. The summed E-state index contributed by atoms with van der Waals surface area (Å²) in [6.07, 6.45) is 0. The van der Waals surface area contributed by atoms with Crippen LogP contribution in [0.4, 0.5) is 0 Å². The second-order valence-electron chi connectivity index (χ2n) is 4.58. The molecular formula is C13H14ClNO. The maximum Gasteiger partial charge on any atom is 0.121 e. The molecule has 0 saturated heterocycles. The van der Waals surface area contributed by atoms with E-state index in [4.69, 9.17) is 17.3 Å². The fourth-order valence-corrected chi connectivity index (χ4v) is 1.95. The summed E-state index contributed by atoms with van der Waals surface area (Å²) in [5, 5.41) is 12.5. The molecule has 0 atom stereocenters. The van der Waals surface area contributed by atoms with Crippen molar-refractivity contribution < 1.29 is 5.11 Å². The molecule has 0 spiro atoms. The van der Waals surface area contributed by atoms with Gasteiger partial charge in [0.1, 0.15) is 5.75 Å². The summed E-state index contributed by atoms with van der Waals surface area (Å²) < 4.78 is 0. The molecule has 3 N–H and O–H groups in total. The Balaban J connectivity index is 2.74. The Morgan fingerprint density at radius 2 is 1.81 bits per heavy atom. The Labute approximate surface area is 99.6 Å². The van der Waals surface area contributed by atoms with Crippen LogP contribution in [0.25, 0.3) is 10.8 Å². The van der Waals surface area contributed by atoms with E-state index >= 15 is 0 Å². The average Bonchev–Trinajstić information content (AvgIpc) is 2.16. The summed E-state index contributed by atoms with van der Waals surface area (Å²) in [5.74, 6) is 0.224. The first-order chi connectivity index (χ1) is 7.38. The lowest BCUT2D eigenvalue weighted by molar-refractivity contribution is 0.441. The normalized spacial score (nSPS) is 12.0. The highest BCUT2D eigenvalue weighted by Gasteiger charge is 2.18. The Hall–Kier alpha value is -1.25. The van der Waals surface area contributed by atoms with Gasteiger partial charge in [-0.25, -0.2) is 0 Å². The molecule has 0 heterocycles. The molecule has 2 nitrogen and oxygen atoms in total. The van der Waals surface area contributed by atoms with Crippen molar-refractivity contribution >= 4 is 22.4 Å². The quantitative estimate of drug-likeness (QED) is 0.796. The Morgan fingerprint density at radius 3 is 2.44 bits per heavy atom. The van der Waals surface area contributed by atoms with Crippen molar-refractivity contribution in [1.29, 1.82) is 0 Å². The number of hydrogen-bond acceptors (Lipinski definition) is 2. The van der Waals surface area contributed by atoms with E-state index in [1.807, 2.05) is 32.0 Å². The molecule has 0 radical (unpaired) electrons. The number of rotatable bonds is 1. The second kappa shape index (κ2) is 3.65. The number of benzene rings is 2.